The third kappa shape index (κ3) is 2.82. The van der Waals surface area contributed by atoms with E-state index in [2.05, 4.69) is 20.2 Å². The first-order chi connectivity index (χ1) is 8.66. The quantitative estimate of drug-likeness (QED) is 0.796. The fourth-order valence-electron chi connectivity index (χ4n) is 1.50. The van der Waals surface area contributed by atoms with Crippen LogP contribution in [-0.4, -0.2) is 44.6 Å². The molecule has 0 fully saturated rings. The van der Waals surface area contributed by atoms with Crippen LogP contribution in [0.15, 0.2) is 24.5 Å². The number of pyridine rings is 1. The van der Waals surface area contributed by atoms with Crippen molar-refractivity contribution in [3.8, 4) is 0 Å². The van der Waals surface area contributed by atoms with Crippen LogP contribution in [0.5, 0.6) is 0 Å². The van der Waals surface area contributed by atoms with Gasteiger partial charge in [0.15, 0.2) is 0 Å². The van der Waals surface area contributed by atoms with Crippen molar-refractivity contribution in [3.63, 3.8) is 0 Å². The van der Waals surface area contributed by atoms with Crippen molar-refractivity contribution in [3.05, 3.63) is 35.9 Å². The maximum absolute atomic E-state index is 11.9. The molecule has 0 spiro atoms. The molecule has 0 atom stereocenters. The predicted octanol–water partition coefficient (Wildman–Crippen LogP) is 0.0966. The predicted molar refractivity (Wildman–Crippen MR) is 65.7 cm³/mol. The lowest BCUT2D eigenvalue weighted by Gasteiger charge is -2.15. The number of likely N-dealkylation sites (N-methyl/N-ethyl adjacent to an activating group) is 1. The van der Waals surface area contributed by atoms with E-state index in [-0.39, 0.29) is 17.7 Å². The zero-order valence-electron chi connectivity index (χ0n) is 10.00. The molecule has 2 heterocycles. The monoisotopic (exact) mass is 246 g/mol. The Kier molecular flexibility index (Phi) is 3.52. The van der Waals surface area contributed by atoms with Gasteiger partial charge in [-0.1, -0.05) is 0 Å². The van der Waals surface area contributed by atoms with Crippen LogP contribution >= 0.6 is 0 Å². The van der Waals surface area contributed by atoms with Gasteiger partial charge in [0.1, 0.15) is 0 Å². The molecular formula is C11H14N6O. The first-order valence-electron chi connectivity index (χ1n) is 5.49. The number of anilines is 1. The van der Waals surface area contributed by atoms with Gasteiger partial charge in [0, 0.05) is 26.0 Å². The SMILES string of the molecule is CN(CCc1ccncc1)C(=O)c1nc(N)n[nH]1. The highest BCUT2D eigenvalue weighted by Gasteiger charge is 2.15. The lowest BCUT2D eigenvalue weighted by Crippen LogP contribution is -2.29. The summed E-state index contributed by atoms with van der Waals surface area (Å²) in [5.41, 5.74) is 6.48. The number of carbonyl (C=O) groups excluding carboxylic acids is 1. The third-order valence-electron chi connectivity index (χ3n) is 2.54. The summed E-state index contributed by atoms with van der Waals surface area (Å²) < 4.78 is 0. The number of aromatic amines is 1. The lowest BCUT2D eigenvalue weighted by molar-refractivity contribution is 0.0785. The van der Waals surface area contributed by atoms with Crippen molar-refractivity contribution in [2.24, 2.45) is 0 Å². The lowest BCUT2D eigenvalue weighted by atomic mass is 10.2. The van der Waals surface area contributed by atoms with Gasteiger partial charge in [0.25, 0.3) is 5.91 Å². The minimum Gasteiger partial charge on any atom is -0.366 e. The van der Waals surface area contributed by atoms with Crippen molar-refractivity contribution in [2.75, 3.05) is 19.3 Å². The summed E-state index contributed by atoms with van der Waals surface area (Å²) in [6.45, 7) is 0.587. The van der Waals surface area contributed by atoms with Gasteiger partial charge in [-0.25, -0.2) is 0 Å². The van der Waals surface area contributed by atoms with E-state index in [1.807, 2.05) is 12.1 Å². The first kappa shape index (κ1) is 12.0. The number of nitrogens with two attached hydrogens (primary N) is 1. The Morgan fingerprint density at radius 2 is 2.17 bits per heavy atom. The van der Waals surface area contributed by atoms with Gasteiger partial charge in [0.2, 0.25) is 11.8 Å². The molecule has 0 aromatic carbocycles. The average Bonchev–Trinajstić information content (AvgIpc) is 2.83. The smallest absolute Gasteiger partial charge is 0.290 e. The first-order valence-corrected chi connectivity index (χ1v) is 5.49. The van der Waals surface area contributed by atoms with Crippen LogP contribution in [0, 0.1) is 0 Å². The summed E-state index contributed by atoms with van der Waals surface area (Å²) in [7, 11) is 1.71. The summed E-state index contributed by atoms with van der Waals surface area (Å²) in [5.74, 6) is -0.00105. The molecule has 3 N–H and O–H groups in total. The largest absolute Gasteiger partial charge is 0.366 e. The van der Waals surface area contributed by atoms with E-state index in [9.17, 15) is 4.79 Å². The molecule has 94 valence electrons. The molecule has 18 heavy (non-hydrogen) atoms. The zero-order valence-corrected chi connectivity index (χ0v) is 10.00. The molecule has 0 unspecified atom stereocenters. The number of nitrogens with one attached hydrogen (secondary N) is 1. The maximum atomic E-state index is 11.9. The fourth-order valence-corrected chi connectivity index (χ4v) is 1.50. The minimum atomic E-state index is -0.228. The highest BCUT2D eigenvalue weighted by Crippen LogP contribution is 2.02. The molecule has 0 bridgehead atoms. The maximum Gasteiger partial charge on any atom is 0.290 e. The number of hydrogen-bond acceptors (Lipinski definition) is 5. The van der Waals surface area contributed by atoms with E-state index in [1.54, 1.807) is 24.3 Å². The van der Waals surface area contributed by atoms with Crippen LogP contribution in [0.2, 0.25) is 0 Å². The van der Waals surface area contributed by atoms with Gasteiger partial charge in [0.05, 0.1) is 0 Å². The number of nitrogens with zero attached hydrogens (tertiary/aromatic N) is 4. The average molecular weight is 246 g/mol. The van der Waals surface area contributed by atoms with Gasteiger partial charge in [-0.3, -0.25) is 14.9 Å². The van der Waals surface area contributed by atoms with Crippen LogP contribution < -0.4 is 5.73 Å². The molecule has 2 aromatic heterocycles. The van der Waals surface area contributed by atoms with Crippen LogP contribution in [0.25, 0.3) is 0 Å². The van der Waals surface area contributed by atoms with Crippen LogP contribution in [0.3, 0.4) is 0 Å². The number of carbonyl (C=O) groups is 1. The Balaban J connectivity index is 1.92. The van der Waals surface area contributed by atoms with Gasteiger partial charge < -0.3 is 10.6 Å². The molecule has 7 nitrogen and oxygen atoms in total. The third-order valence-corrected chi connectivity index (χ3v) is 2.54. The van der Waals surface area contributed by atoms with Crippen molar-refractivity contribution in [1.82, 2.24) is 25.1 Å². The Labute approximate surface area is 104 Å². The zero-order chi connectivity index (χ0) is 13.0. The second-order valence-electron chi connectivity index (χ2n) is 3.87. The number of amides is 1. The van der Waals surface area contributed by atoms with Crippen molar-refractivity contribution in [1.29, 1.82) is 0 Å². The van der Waals surface area contributed by atoms with E-state index in [1.165, 1.54) is 0 Å². The van der Waals surface area contributed by atoms with Gasteiger partial charge in [-0.15, -0.1) is 5.10 Å². The highest BCUT2D eigenvalue weighted by atomic mass is 16.2. The number of rotatable bonds is 4. The number of H-pyrrole nitrogens is 1. The molecule has 2 rings (SSSR count). The van der Waals surface area contributed by atoms with E-state index >= 15 is 0 Å². The molecular weight excluding hydrogens is 232 g/mol. The van der Waals surface area contributed by atoms with Crippen molar-refractivity contribution >= 4 is 11.9 Å². The Hall–Kier alpha value is -2.44. The van der Waals surface area contributed by atoms with Gasteiger partial charge in [-0.05, 0) is 24.1 Å². The molecule has 0 aliphatic heterocycles. The molecule has 1 amide bonds. The van der Waals surface area contributed by atoms with Crippen molar-refractivity contribution in [2.45, 2.75) is 6.42 Å². The summed E-state index contributed by atoms with van der Waals surface area (Å²) in [6, 6.07) is 3.84. The van der Waals surface area contributed by atoms with Gasteiger partial charge in [-0.2, -0.15) is 4.98 Å². The Bertz CT molecular complexity index is 523. The summed E-state index contributed by atoms with van der Waals surface area (Å²) in [5, 5.41) is 6.12. The standard InChI is InChI=1S/C11H14N6O/c1-17(7-4-8-2-5-13-6-3-8)10(18)9-14-11(12)16-15-9/h2-3,5-6H,4,7H2,1H3,(H3,12,14,15,16). The fraction of sp³-hybridized carbons (Fsp3) is 0.273. The summed E-state index contributed by atoms with van der Waals surface area (Å²) in [6.07, 6.45) is 4.22. The number of aromatic nitrogens is 4. The minimum absolute atomic E-state index is 0.0703. The van der Waals surface area contributed by atoms with E-state index in [0.29, 0.717) is 6.54 Å². The molecule has 0 saturated heterocycles. The van der Waals surface area contributed by atoms with E-state index in [0.717, 1.165) is 12.0 Å². The second-order valence-corrected chi connectivity index (χ2v) is 3.87. The molecule has 0 saturated carbocycles. The number of hydrogen-bond donors (Lipinski definition) is 2. The van der Waals surface area contributed by atoms with Crippen LogP contribution in [0.1, 0.15) is 16.2 Å². The molecule has 0 aliphatic carbocycles. The molecule has 2 aromatic rings. The second kappa shape index (κ2) is 5.26. The topological polar surface area (TPSA) is 101 Å². The number of nitrogen functional groups attached to an aromatic ring is 1. The highest BCUT2D eigenvalue weighted by molar-refractivity contribution is 5.90. The van der Waals surface area contributed by atoms with Crippen molar-refractivity contribution < 1.29 is 4.79 Å². The molecule has 7 heteroatoms. The molecule has 0 radical (unpaired) electrons. The van der Waals surface area contributed by atoms with Gasteiger partial charge >= 0.3 is 0 Å². The normalized spacial score (nSPS) is 10.3. The Morgan fingerprint density at radius 3 is 2.78 bits per heavy atom. The van der Waals surface area contributed by atoms with E-state index in [4.69, 9.17) is 5.73 Å². The van der Waals surface area contributed by atoms with Crippen LogP contribution in [-0.2, 0) is 6.42 Å². The molecule has 0 aliphatic rings. The van der Waals surface area contributed by atoms with Crippen LogP contribution in [0.4, 0.5) is 5.95 Å². The summed E-state index contributed by atoms with van der Waals surface area (Å²) >= 11 is 0. The Morgan fingerprint density at radius 1 is 1.44 bits per heavy atom. The summed E-state index contributed by atoms with van der Waals surface area (Å²) in [4.78, 5) is 21.2. The van der Waals surface area contributed by atoms with E-state index < -0.39 is 0 Å².